The van der Waals surface area contributed by atoms with Gasteiger partial charge in [-0.25, -0.2) is 4.98 Å². The van der Waals surface area contributed by atoms with E-state index in [4.69, 9.17) is 0 Å². The summed E-state index contributed by atoms with van der Waals surface area (Å²) in [6.07, 6.45) is 1.89. The van der Waals surface area contributed by atoms with Crippen molar-refractivity contribution in [1.29, 1.82) is 5.26 Å². The maximum absolute atomic E-state index is 9.33. The highest BCUT2D eigenvalue weighted by Gasteiger charge is 2.12. The summed E-state index contributed by atoms with van der Waals surface area (Å²) >= 11 is 0. The number of rotatable bonds is 1. The van der Waals surface area contributed by atoms with Crippen molar-refractivity contribution >= 4 is 5.65 Å². The number of aryl methyl sites for hydroxylation is 1. The standard InChI is InChI=1S/C15H11N3/c1-11-7-8-18-13(10-16)15(17-14(18)9-11)12-5-3-2-4-6-12/h2-9H,1H3. The Hall–Kier alpha value is -2.60. The molecular weight excluding hydrogens is 222 g/mol. The number of fused-ring (bicyclic) bond motifs is 1. The maximum Gasteiger partial charge on any atom is 0.152 e. The van der Waals surface area contributed by atoms with Crippen molar-refractivity contribution in [2.24, 2.45) is 0 Å². The first-order chi connectivity index (χ1) is 8.79. The monoisotopic (exact) mass is 233 g/mol. The molecule has 3 aromatic rings. The third-order valence-electron chi connectivity index (χ3n) is 2.93. The van der Waals surface area contributed by atoms with Crippen LogP contribution in [0.3, 0.4) is 0 Å². The molecule has 0 aliphatic rings. The molecule has 3 rings (SSSR count). The second-order valence-electron chi connectivity index (χ2n) is 4.22. The lowest BCUT2D eigenvalue weighted by Gasteiger charge is -1.97. The fourth-order valence-corrected chi connectivity index (χ4v) is 2.05. The van der Waals surface area contributed by atoms with Gasteiger partial charge in [-0.15, -0.1) is 0 Å². The number of pyridine rings is 1. The molecule has 0 radical (unpaired) electrons. The van der Waals surface area contributed by atoms with Crippen molar-refractivity contribution in [3.63, 3.8) is 0 Å². The molecule has 86 valence electrons. The van der Waals surface area contributed by atoms with Gasteiger partial charge in [0.05, 0.1) is 0 Å². The maximum atomic E-state index is 9.33. The minimum atomic E-state index is 0.580. The molecule has 0 unspecified atom stereocenters. The van der Waals surface area contributed by atoms with Gasteiger partial charge in [0.25, 0.3) is 0 Å². The van der Waals surface area contributed by atoms with E-state index in [0.29, 0.717) is 5.69 Å². The van der Waals surface area contributed by atoms with Crippen LogP contribution in [0.4, 0.5) is 0 Å². The molecule has 0 saturated heterocycles. The van der Waals surface area contributed by atoms with Gasteiger partial charge in [-0.3, -0.25) is 4.40 Å². The summed E-state index contributed by atoms with van der Waals surface area (Å²) in [4.78, 5) is 4.56. The van der Waals surface area contributed by atoms with Gasteiger partial charge in [-0.1, -0.05) is 30.3 Å². The average molecular weight is 233 g/mol. The van der Waals surface area contributed by atoms with Gasteiger partial charge in [0.2, 0.25) is 0 Å². The summed E-state index contributed by atoms with van der Waals surface area (Å²) in [6.45, 7) is 2.02. The van der Waals surface area contributed by atoms with Crippen molar-refractivity contribution in [1.82, 2.24) is 9.38 Å². The van der Waals surface area contributed by atoms with Gasteiger partial charge < -0.3 is 0 Å². The van der Waals surface area contributed by atoms with Crippen molar-refractivity contribution in [2.45, 2.75) is 6.92 Å². The SMILES string of the molecule is Cc1ccn2c(C#N)c(-c3ccccc3)nc2c1. The van der Waals surface area contributed by atoms with Crippen LogP contribution in [0.5, 0.6) is 0 Å². The van der Waals surface area contributed by atoms with Crippen molar-refractivity contribution in [3.8, 4) is 17.3 Å². The summed E-state index contributed by atoms with van der Waals surface area (Å²) < 4.78 is 1.83. The number of aromatic nitrogens is 2. The molecule has 0 amide bonds. The van der Waals surface area contributed by atoms with E-state index in [1.165, 1.54) is 0 Å². The second-order valence-corrected chi connectivity index (χ2v) is 4.22. The number of benzene rings is 1. The minimum absolute atomic E-state index is 0.580. The zero-order valence-electron chi connectivity index (χ0n) is 9.96. The highest BCUT2D eigenvalue weighted by Crippen LogP contribution is 2.23. The molecule has 0 atom stereocenters. The lowest BCUT2D eigenvalue weighted by atomic mass is 10.1. The van der Waals surface area contributed by atoms with Gasteiger partial charge in [-0.2, -0.15) is 5.26 Å². The Labute approximate surface area is 105 Å². The van der Waals surface area contributed by atoms with Crippen LogP contribution in [0.2, 0.25) is 0 Å². The normalized spacial score (nSPS) is 10.4. The van der Waals surface area contributed by atoms with E-state index >= 15 is 0 Å². The molecule has 0 N–H and O–H groups in total. The Morgan fingerprint density at radius 1 is 1.17 bits per heavy atom. The van der Waals surface area contributed by atoms with Crippen LogP contribution in [0.25, 0.3) is 16.9 Å². The van der Waals surface area contributed by atoms with Gasteiger partial charge in [0.1, 0.15) is 17.4 Å². The molecule has 2 heterocycles. The van der Waals surface area contributed by atoms with Gasteiger partial charge >= 0.3 is 0 Å². The second kappa shape index (κ2) is 4.01. The van der Waals surface area contributed by atoms with Crippen molar-refractivity contribution in [3.05, 3.63) is 59.9 Å². The highest BCUT2D eigenvalue weighted by molar-refractivity contribution is 5.69. The smallest absolute Gasteiger partial charge is 0.152 e. The lowest BCUT2D eigenvalue weighted by Crippen LogP contribution is -1.88. The van der Waals surface area contributed by atoms with Crippen molar-refractivity contribution < 1.29 is 0 Å². The molecule has 2 aromatic heterocycles. The Morgan fingerprint density at radius 2 is 1.94 bits per heavy atom. The summed E-state index contributed by atoms with van der Waals surface area (Å²) in [5.41, 5.74) is 4.23. The zero-order valence-corrected chi connectivity index (χ0v) is 9.96. The minimum Gasteiger partial charge on any atom is -0.291 e. The molecule has 0 aliphatic heterocycles. The Morgan fingerprint density at radius 3 is 2.67 bits per heavy atom. The van der Waals surface area contributed by atoms with E-state index in [-0.39, 0.29) is 0 Å². The molecule has 0 bridgehead atoms. The summed E-state index contributed by atoms with van der Waals surface area (Å²) in [6, 6.07) is 16.0. The largest absolute Gasteiger partial charge is 0.291 e. The topological polar surface area (TPSA) is 41.1 Å². The number of hydrogen-bond donors (Lipinski definition) is 0. The number of nitriles is 1. The molecule has 0 fully saturated rings. The van der Waals surface area contributed by atoms with E-state index in [1.54, 1.807) is 0 Å². The quantitative estimate of drug-likeness (QED) is 0.647. The van der Waals surface area contributed by atoms with E-state index in [0.717, 1.165) is 22.5 Å². The lowest BCUT2D eigenvalue weighted by molar-refractivity contribution is 1.14. The van der Waals surface area contributed by atoms with Gasteiger partial charge in [0.15, 0.2) is 5.69 Å². The molecule has 1 aromatic carbocycles. The van der Waals surface area contributed by atoms with Crippen LogP contribution >= 0.6 is 0 Å². The Bertz CT molecular complexity index is 748. The average Bonchev–Trinajstić information content (AvgIpc) is 2.77. The number of nitrogens with zero attached hydrogens (tertiary/aromatic N) is 3. The van der Waals surface area contributed by atoms with E-state index in [2.05, 4.69) is 11.1 Å². The predicted molar refractivity (Wildman–Crippen MR) is 70.1 cm³/mol. The van der Waals surface area contributed by atoms with E-state index in [9.17, 15) is 5.26 Å². The van der Waals surface area contributed by atoms with Crippen LogP contribution in [0, 0.1) is 18.3 Å². The van der Waals surface area contributed by atoms with E-state index in [1.807, 2.05) is 60.0 Å². The van der Waals surface area contributed by atoms with E-state index < -0.39 is 0 Å². The van der Waals surface area contributed by atoms with Gasteiger partial charge in [0, 0.05) is 11.8 Å². The fourth-order valence-electron chi connectivity index (χ4n) is 2.05. The first kappa shape index (κ1) is 10.5. The predicted octanol–water partition coefficient (Wildman–Crippen LogP) is 3.18. The summed E-state index contributed by atoms with van der Waals surface area (Å²) in [5, 5.41) is 9.33. The Balaban J connectivity index is 2.34. The van der Waals surface area contributed by atoms with Gasteiger partial charge in [-0.05, 0) is 24.6 Å². The molecule has 18 heavy (non-hydrogen) atoms. The zero-order chi connectivity index (χ0) is 12.5. The molecule has 0 saturated carbocycles. The summed E-state index contributed by atoms with van der Waals surface area (Å²) in [5.74, 6) is 0. The molecular formula is C15H11N3. The first-order valence-corrected chi connectivity index (χ1v) is 5.74. The third-order valence-corrected chi connectivity index (χ3v) is 2.93. The highest BCUT2D eigenvalue weighted by atomic mass is 15.0. The molecule has 0 spiro atoms. The summed E-state index contributed by atoms with van der Waals surface area (Å²) in [7, 11) is 0. The number of imidazole rings is 1. The van der Waals surface area contributed by atoms with Crippen LogP contribution < -0.4 is 0 Å². The Kier molecular flexibility index (Phi) is 2.35. The first-order valence-electron chi connectivity index (χ1n) is 5.74. The van der Waals surface area contributed by atoms with Crippen LogP contribution in [-0.2, 0) is 0 Å². The fraction of sp³-hybridized carbons (Fsp3) is 0.0667. The van der Waals surface area contributed by atoms with Crippen LogP contribution in [-0.4, -0.2) is 9.38 Å². The van der Waals surface area contributed by atoms with Crippen LogP contribution in [0.15, 0.2) is 48.7 Å². The molecule has 3 nitrogen and oxygen atoms in total. The molecule has 3 heteroatoms. The third kappa shape index (κ3) is 1.56. The van der Waals surface area contributed by atoms with Crippen molar-refractivity contribution in [2.75, 3.05) is 0 Å². The molecule has 0 aliphatic carbocycles. The number of hydrogen-bond acceptors (Lipinski definition) is 2. The van der Waals surface area contributed by atoms with Crippen LogP contribution in [0.1, 0.15) is 11.3 Å².